The van der Waals surface area contributed by atoms with Crippen molar-refractivity contribution in [2.75, 3.05) is 5.32 Å². The van der Waals surface area contributed by atoms with Gasteiger partial charge in [0.25, 0.3) is 5.88 Å². The average molecular weight is 183 g/mol. The minimum Gasteiger partial charge on any atom is -0.319 e. The summed E-state index contributed by atoms with van der Waals surface area (Å²) >= 11 is 0. The maximum atomic E-state index is 11.0. The number of nitrogens with one attached hydrogen (secondary N) is 1. The summed E-state index contributed by atoms with van der Waals surface area (Å²) in [5.41, 5.74) is 0. The van der Waals surface area contributed by atoms with Gasteiger partial charge in [-0.15, -0.1) is 5.10 Å². The maximum absolute atomic E-state index is 11.0. The number of carbonyl (C=O) groups excluding carboxylic acids is 2. The van der Waals surface area contributed by atoms with E-state index in [1.165, 1.54) is 13.1 Å². The standard InChI is InChI=1S/C7H9N3O3/c1-5(11)2-3-6(12)9-7-4-8-10-13-7/h4H,2-3H2,1H3,(H,9,12). The minimum atomic E-state index is -0.284. The van der Waals surface area contributed by atoms with Gasteiger partial charge in [0.2, 0.25) is 5.91 Å². The molecule has 13 heavy (non-hydrogen) atoms. The Morgan fingerprint density at radius 2 is 2.31 bits per heavy atom. The lowest BCUT2D eigenvalue weighted by Gasteiger charge is -1.97. The van der Waals surface area contributed by atoms with Crippen LogP contribution in [0.5, 0.6) is 0 Å². The van der Waals surface area contributed by atoms with Crippen LogP contribution in [0.4, 0.5) is 5.88 Å². The molecule has 1 N–H and O–H groups in total. The molecule has 0 radical (unpaired) electrons. The summed E-state index contributed by atoms with van der Waals surface area (Å²) in [7, 11) is 0. The van der Waals surface area contributed by atoms with Crippen LogP contribution in [0.25, 0.3) is 0 Å². The van der Waals surface area contributed by atoms with E-state index in [1.54, 1.807) is 0 Å². The molecule has 6 nitrogen and oxygen atoms in total. The molecule has 0 unspecified atom stereocenters. The molecule has 1 heterocycles. The lowest BCUT2D eigenvalue weighted by Crippen LogP contribution is -2.11. The van der Waals surface area contributed by atoms with Gasteiger partial charge in [-0.3, -0.25) is 10.1 Å². The van der Waals surface area contributed by atoms with E-state index in [4.69, 9.17) is 0 Å². The molecule has 0 aliphatic rings. The molecular formula is C7H9N3O3. The van der Waals surface area contributed by atoms with Crippen molar-refractivity contribution >= 4 is 17.6 Å². The molecule has 1 aromatic heterocycles. The molecule has 0 aliphatic heterocycles. The fourth-order valence-electron chi connectivity index (χ4n) is 0.712. The Morgan fingerprint density at radius 1 is 1.54 bits per heavy atom. The highest BCUT2D eigenvalue weighted by Gasteiger charge is 2.06. The summed E-state index contributed by atoms with van der Waals surface area (Å²) in [5, 5.41) is 8.93. The first-order chi connectivity index (χ1) is 6.18. The first kappa shape index (κ1) is 9.37. The van der Waals surface area contributed by atoms with Gasteiger partial charge in [-0.25, -0.2) is 0 Å². The third-order valence-electron chi connectivity index (χ3n) is 1.33. The van der Waals surface area contributed by atoms with Crippen LogP contribution >= 0.6 is 0 Å². The predicted octanol–water partition coefficient (Wildman–Crippen LogP) is 0.377. The molecule has 6 heteroatoms. The zero-order valence-electron chi connectivity index (χ0n) is 7.11. The average Bonchev–Trinajstić information content (AvgIpc) is 2.53. The lowest BCUT2D eigenvalue weighted by molar-refractivity contribution is -0.121. The van der Waals surface area contributed by atoms with Crippen molar-refractivity contribution < 1.29 is 14.1 Å². The molecule has 1 rings (SSSR count). The molecule has 0 spiro atoms. The Hall–Kier alpha value is -1.72. The van der Waals surface area contributed by atoms with Crippen LogP contribution in [0.1, 0.15) is 19.8 Å². The third kappa shape index (κ3) is 3.46. The van der Waals surface area contributed by atoms with Crippen LogP contribution in [0, 0.1) is 0 Å². The Morgan fingerprint density at radius 3 is 2.85 bits per heavy atom. The lowest BCUT2D eigenvalue weighted by atomic mass is 10.2. The highest BCUT2D eigenvalue weighted by molar-refractivity contribution is 5.91. The van der Waals surface area contributed by atoms with Crippen LogP contribution in [-0.2, 0) is 9.59 Å². The fourth-order valence-corrected chi connectivity index (χ4v) is 0.712. The molecular weight excluding hydrogens is 174 g/mol. The molecule has 1 aromatic rings. The number of amides is 1. The highest BCUT2D eigenvalue weighted by atomic mass is 16.5. The van der Waals surface area contributed by atoms with Crippen molar-refractivity contribution in [1.82, 2.24) is 10.4 Å². The number of hydrogen-bond donors (Lipinski definition) is 1. The number of Topliss-reactive ketones (excluding diaryl/α,β-unsaturated/α-hetero) is 1. The first-order valence-electron chi connectivity index (χ1n) is 3.75. The van der Waals surface area contributed by atoms with E-state index in [1.807, 2.05) is 0 Å². The smallest absolute Gasteiger partial charge is 0.251 e. The van der Waals surface area contributed by atoms with Gasteiger partial charge in [0.15, 0.2) is 0 Å². The zero-order chi connectivity index (χ0) is 9.68. The van der Waals surface area contributed by atoms with Crippen molar-refractivity contribution in [2.24, 2.45) is 0 Å². The first-order valence-corrected chi connectivity index (χ1v) is 3.75. The van der Waals surface area contributed by atoms with E-state index >= 15 is 0 Å². The van der Waals surface area contributed by atoms with Gasteiger partial charge in [-0.05, 0) is 6.92 Å². The predicted molar refractivity (Wildman–Crippen MR) is 42.8 cm³/mol. The quantitative estimate of drug-likeness (QED) is 0.729. The van der Waals surface area contributed by atoms with Crippen molar-refractivity contribution in [2.45, 2.75) is 19.8 Å². The summed E-state index contributed by atoms with van der Waals surface area (Å²) in [6.07, 6.45) is 1.66. The van der Waals surface area contributed by atoms with Gasteiger partial charge in [-0.1, -0.05) is 0 Å². The van der Waals surface area contributed by atoms with Crippen LogP contribution in [0.2, 0.25) is 0 Å². The summed E-state index contributed by atoms with van der Waals surface area (Å²) in [6, 6.07) is 0. The van der Waals surface area contributed by atoms with Gasteiger partial charge in [0.1, 0.15) is 12.0 Å². The molecule has 0 aliphatic carbocycles. The van der Waals surface area contributed by atoms with E-state index < -0.39 is 0 Å². The second-order valence-electron chi connectivity index (χ2n) is 2.53. The minimum absolute atomic E-state index is 0.0224. The topological polar surface area (TPSA) is 85.1 Å². The van der Waals surface area contributed by atoms with Crippen molar-refractivity contribution in [3.8, 4) is 0 Å². The van der Waals surface area contributed by atoms with Crippen LogP contribution in [0.15, 0.2) is 10.7 Å². The monoisotopic (exact) mass is 183 g/mol. The van der Waals surface area contributed by atoms with Gasteiger partial charge < -0.3 is 9.32 Å². The Kier molecular flexibility index (Phi) is 3.13. The van der Waals surface area contributed by atoms with E-state index in [9.17, 15) is 9.59 Å². The largest absolute Gasteiger partial charge is 0.319 e. The zero-order valence-corrected chi connectivity index (χ0v) is 7.11. The fraction of sp³-hybridized carbons (Fsp3) is 0.429. The van der Waals surface area contributed by atoms with E-state index in [2.05, 4.69) is 20.2 Å². The molecule has 0 aromatic carbocycles. The number of nitrogens with zero attached hydrogens (tertiary/aromatic N) is 2. The molecule has 0 bridgehead atoms. The molecule has 0 saturated carbocycles. The van der Waals surface area contributed by atoms with Crippen molar-refractivity contribution in [3.05, 3.63) is 6.20 Å². The van der Waals surface area contributed by atoms with Gasteiger partial charge in [0, 0.05) is 18.1 Å². The number of ketones is 1. The Bertz CT molecular complexity index is 294. The van der Waals surface area contributed by atoms with Gasteiger partial charge in [0.05, 0.1) is 0 Å². The second kappa shape index (κ2) is 4.34. The molecule has 70 valence electrons. The molecule has 1 amide bonds. The van der Waals surface area contributed by atoms with Crippen molar-refractivity contribution in [1.29, 1.82) is 0 Å². The normalized spacial score (nSPS) is 9.62. The van der Waals surface area contributed by atoms with Gasteiger partial charge >= 0.3 is 0 Å². The van der Waals surface area contributed by atoms with Crippen LogP contribution < -0.4 is 5.32 Å². The number of anilines is 1. The van der Waals surface area contributed by atoms with Crippen molar-refractivity contribution in [3.63, 3.8) is 0 Å². The number of carbonyl (C=O) groups is 2. The Balaban J connectivity index is 2.30. The summed E-state index contributed by atoms with van der Waals surface area (Å²) in [5.74, 6) is -0.117. The SMILES string of the molecule is CC(=O)CCC(=O)Nc1cnno1. The van der Waals surface area contributed by atoms with Crippen LogP contribution in [-0.4, -0.2) is 22.1 Å². The summed E-state index contributed by atoms with van der Waals surface area (Å²) in [4.78, 5) is 21.6. The highest BCUT2D eigenvalue weighted by Crippen LogP contribution is 2.02. The van der Waals surface area contributed by atoms with Crippen LogP contribution in [0.3, 0.4) is 0 Å². The van der Waals surface area contributed by atoms with E-state index in [0.29, 0.717) is 0 Å². The molecule has 0 atom stereocenters. The number of aromatic nitrogens is 2. The van der Waals surface area contributed by atoms with Gasteiger partial charge in [-0.2, -0.15) is 0 Å². The second-order valence-corrected chi connectivity index (χ2v) is 2.53. The summed E-state index contributed by atoms with van der Waals surface area (Å²) < 4.78 is 4.53. The third-order valence-corrected chi connectivity index (χ3v) is 1.33. The van der Waals surface area contributed by atoms with E-state index in [0.717, 1.165) is 0 Å². The molecule has 0 saturated heterocycles. The summed E-state index contributed by atoms with van der Waals surface area (Å²) in [6.45, 7) is 1.43. The molecule has 0 fully saturated rings. The van der Waals surface area contributed by atoms with E-state index in [-0.39, 0.29) is 30.4 Å². The Labute approximate surface area is 74.3 Å². The maximum Gasteiger partial charge on any atom is 0.251 e. The number of hydrogen-bond acceptors (Lipinski definition) is 5. The number of rotatable bonds is 4.